The number of amides is 1. The van der Waals surface area contributed by atoms with Crippen LogP contribution < -0.4 is 0 Å². The van der Waals surface area contributed by atoms with Gasteiger partial charge in [-0.1, -0.05) is 42.7 Å². The molecule has 0 unspecified atom stereocenters. The van der Waals surface area contributed by atoms with Gasteiger partial charge in [-0.15, -0.1) is 10.2 Å². The fourth-order valence-electron chi connectivity index (χ4n) is 4.27. The van der Waals surface area contributed by atoms with Crippen LogP contribution in [0.15, 0.2) is 24.3 Å². The number of aromatic nitrogens is 4. The molecular formula is C19H25N5O. The summed E-state index contributed by atoms with van der Waals surface area (Å²) in [6, 6.07) is 8.44. The molecule has 25 heavy (non-hydrogen) atoms. The van der Waals surface area contributed by atoms with Gasteiger partial charge < -0.3 is 4.90 Å². The normalized spacial score (nSPS) is 23.3. The van der Waals surface area contributed by atoms with Gasteiger partial charge in [0.15, 0.2) is 0 Å². The summed E-state index contributed by atoms with van der Waals surface area (Å²) in [5.74, 6) is 1.39. The van der Waals surface area contributed by atoms with Crippen molar-refractivity contribution in [1.29, 1.82) is 0 Å². The second-order valence-corrected chi connectivity index (χ2v) is 7.35. The van der Waals surface area contributed by atoms with E-state index in [1.54, 1.807) is 0 Å². The molecule has 0 spiro atoms. The Labute approximate surface area is 148 Å². The molecule has 2 heterocycles. The third-order valence-electron chi connectivity index (χ3n) is 5.60. The lowest BCUT2D eigenvalue weighted by molar-refractivity contribution is -0.138. The van der Waals surface area contributed by atoms with E-state index in [1.807, 2.05) is 31.2 Å². The van der Waals surface area contributed by atoms with Crippen molar-refractivity contribution in [3.8, 4) is 11.4 Å². The number of rotatable bonds is 3. The van der Waals surface area contributed by atoms with Crippen molar-refractivity contribution in [2.75, 3.05) is 6.54 Å². The van der Waals surface area contributed by atoms with Crippen LogP contribution in [0.1, 0.15) is 44.1 Å². The summed E-state index contributed by atoms with van der Waals surface area (Å²) >= 11 is 0. The number of hydrogen-bond donors (Lipinski definition) is 0. The second-order valence-electron chi connectivity index (χ2n) is 7.35. The van der Waals surface area contributed by atoms with E-state index >= 15 is 0 Å². The monoisotopic (exact) mass is 339 g/mol. The number of hydrogen-bond acceptors (Lipinski definition) is 4. The van der Waals surface area contributed by atoms with Crippen LogP contribution in [0.4, 0.5) is 0 Å². The topological polar surface area (TPSA) is 63.9 Å². The van der Waals surface area contributed by atoms with E-state index in [2.05, 4.69) is 20.3 Å². The second kappa shape index (κ2) is 6.94. The van der Waals surface area contributed by atoms with Crippen molar-refractivity contribution in [2.24, 2.45) is 5.92 Å². The lowest BCUT2D eigenvalue weighted by Crippen LogP contribution is -2.50. The van der Waals surface area contributed by atoms with Crippen LogP contribution in [0.2, 0.25) is 0 Å². The summed E-state index contributed by atoms with van der Waals surface area (Å²) in [5.41, 5.74) is 2.12. The highest BCUT2D eigenvalue weighted by Crippen LogP contribution is 2.35. The number of piperidine rings is 1. The van der Waals surface area contributed by atoms with Gasteiger partial charge in [0, 0.05) is 18.2 Å². The molecule has 2 atom stereocenters. The molecule has 1 amide bonds. The Hall–Kier alpha value is -2.24. The van der Waals surface area contributed by atoms with Gasteiger partial charge in [-0.3, -0.25) is 4.79 Å². The van der Waals surface area contributed by atoms with Crippen molar-refractivity contribution < 1.29 is 4.79 Å². The van der Waals surface area contributed by atoms with Gasteiger partial charge in [0.2, 0.25) is 11.7 Å². The maximum absolute atomic E-state index is 12.8. The molecule has 0 N–H and O–H groups in total. The summed E-state index contributed by atoms with van der Waals surface area (Å²) in [6.45, 7) is 3.10. The molecule has 1 aliphatic heterocycles. The number of carbonyl (C=O) groups is 1. The van der Waals surface area contributed by atoms with E-state index in [-0.39, 0.29) is 12.5 Å². The number of nitrogens with zero attached hydrogens (tertiary/aromatic N) is 5. The van der Waals surface area contributed by atoms with Crippen LogP contribution in [-0.4, -0.2) is 43.6 Å². The van der Waals surface area contributed by atoms with Crippen LogP contribution >= 0.6 is 0 Å². The number of aryl methyl sites for hydroxylation is 1. The molecule has 2 aliphatic rings. The average molecular weight is 339 g/mol. The van der Waals surface area contributed by atoms with Gasteiger partial charge >= 0.3 is 0 Å². The summed E-state index contributed by atoms with van der Waals surface area (Å²) in [5, 5.41) is 12.6. The number of benzene rings is 1. The Kier molecular flexibility index (Phi) is 4.51. The zero-order valence-electron chi connectivity index (χ0n) is 14.8. The largest absolute Gasteiger partial charge is 0.338 e. The fraction of sp³-hybridized carbons (Fsp3) is 0.579. The quantitative estimate of drug-likeness (QED) is 0.862. The van der Waals surface area contributed by atoms with Crippen LogP contribution in [0.3, 0.4) is 0 Å². The third kappa shape index (κ3) is 3.43. The first-order valence-electron chi connectivity index (χ1n) is 9.35. The molecule has 1 saturated carbocycles. The Morgan fingerprint density at radius 3 is 2.72 bits per heavy atom. The number of likely N-dealkylation sites (tertiary alicyclic amines) is 1. The third-order valence-corrected chi connectivity index (χ3v) is 5.60. The minimum Gasteiger partial charge on any atom is -0.338 e. The minimum atomic E-state index is 0.129. The molecule has 2 aromatic rings. The van der Waals surface area contributed by atoms with Crippen LogP contribution in [0.5, 0.6) is 0 Å². The van der Waals surface area contributed by atoms with Crippen LogP contribution in [0.25, 0.3) is 11.4 Å². The fourth-order valence-corrected chi connectivity index (χ4v) is 4.27. The molecule has 0 radical (unpaired) electrons. The van der Waals surface area contributed by atoms with Gasteiger partial charge in [-0.05, 0) is 43.7 Å². The Balaban J connectivity index is 1.45. The maximum Gasteiger partial charge on any atom is 0.246 e. The number of fused-ring (bicyclic) bond motifs is 1. The SMILES string of the molecule is Cc1ccc(-c2nnn(CC(=O)N3CCC[C@H]4CCCC[C@H]43)n2)cc1. The average Bonchev–Trinajstić information content (AvgIpc) is 3.10. The first kappa shape index (κ1) is 16.2. The molecule has 1 aliphatic carbocycles. The molecule has 1 aromatic carbocycles. The lowest BCUT2D eigenvalue weighted by Gasteiger charge is -2.44. The Morgan fingerprint density at radius 2 is 1.88 bits per heavy atom. The number of carbonyl (C=O) groups excluding carboxylic acids is 1. The van der Waals surface area contributed by atoms with E-state index in [9.17, 15) is 4.79 Å². The van der Waals surface area contributed by atoms with Gasteiger partial charge in [0.25, 0.3) is 0 Å². The first-order chi connectivity index (χ1) is 12.2. The van der Waals surface area contributed by atoms with Gasteiger partial charge in [-0.2, -0.15) is 4.80 Å². The van der Waals surface area contributed by atoms with E-state index in [0.717, 1.165) is 24.9 Å². The number of tetrazole rings is 1. The smallest absolute Gasteiger partial charge is 0.246 e. The summed E-state index contributed by atoms with van der Waals surface area (Å²) in [4.78, 5) is 16.3. The molecule has 1 saturated heterocycles. The van der Waals surface area contributed by atoms with Crippen molar-refractivity contribution in [3.63, 3.8) is 0 Å². The van der Waals surface area contributed by atoms with Gasteiger partial charge in [-0.25, -0.2) is 0 Å². The highest BCUT2D eigenvalue weighted by atomic mass is 16.2. The standard InChI is InChI=1S/C19H25N5O/c1-14-8-10-16(11-9-14)19-20-22-24(21-19)13-18(25)23-12-4-6-15-5-2-3-7-17(15)23/h8-11,15,17H,2-7,12-13H2,1H3/t15-,17-/m1/s1. The van der Waals surface area contributed by atoms with E-state index < -0.39 is 0 Å². The summed E-state index contributed by atoms with van der Waals surface area (Å²) in [7, 11) is 0. The summed E-state index contributed by atoms with van der Waals surface area (Å²) < 4.78 is 0. The first-order valence-corrected chi connectivity index (χ1v) is 9.35. The van der Waals surface area contributed by atoms with Crippen molar-refractivity contribution in [1.82, 2.24) is 25.1 Å². The van der Waals surface area contributed by atoms with Crippen LogP contribution in [-0.2, 0) is 11.3 Å². The zero-order chi connectivity index (χ0) is 17.2. The molecule has 132 valence electrons. The van der Waals surface area contributed by atoms with Crippen molar-refractivity contribution in [2.45, 2.75) is 58.0 Å². The highest BCUT2D eigenvalue weighted by molar-refractivity contribution is 5.76. The molecule has 6 nitrogen and oxygen atoms in total. The predicted octanol–water partition coefficient (Wildman–Crippen LogP) is 2.83. The van der Waals surface area contributed by atoms with Gasteiger partial charge in [0.1, 0.15) is 6.54 Å². The Morgan fingerprint density at radius 1 is 1.12 bits per heavy atom. The molecule has 1 aromatic heterocycles. The molecular weight excluding hydrogens is 314 g/mol. The van der Waals surface area contributed by atoms with E-state index in [4.69, 9.17) is 0 Å². The van der Waals surface area contributed by atoms with Crippen molar-refractivity contribution >= 4 is 5.91 Å². The molecule has 0 bridgehead atoms. The van der Waals surface area contributed by atoms with E-state index in [0.29, 0.717) is 17.8 Å². The Bertz CT molecular complexity index is 737. The highest BCUT2D eigenvalue weighted by Gasteiger charge is 2.35. The minimum absolute atomic E-state index is 0.129. The summed E-state index contributed by atoms with van der Waals surface area (Å²) in [6.07, 6.45) is 7.36. The predicted molar refractivity (Wildman–Crippen MR) is 94.7 cm³/mol. The zero-order valence-corrected chi connectivity index (χ0v) is 14.8. The maximum atomic E-state index is 12.8. The van der Waals surface area contributed by atoms with E-state index in [1.165, 1.54) is 36.0 Å². The lowest BCUT2D eigenvalue weighted by atomic mass is 9.78. The molecule has 6 heteroatoms. The van der Waals surface area contributed by atoms with Crippen molar-refractivity contribution in [3.05, 3.63) is 29.8 Å². The molecule has 2 fully saturated rings. The van der Waals surface area contributed by atoms with Crippen LogP contribution in [0, 0.1) is 12.8 Å². The van der Waals surface area contributed by atoms with Gasteiger partial charge in [0.05, 0.1) is 0 Å². The molecule has 4 rings (SSSR count).